The molecular weight excluding hydrogens is 212 g/mol. The fourth-order valence-electron chi connectivity index (χ4n) is 2.42. The molecule has 0 spiro atoms. The van der Waals surface area contributed by atoms with Crippen LogP contribution in [0.15, 0.2) is 6.20 Å². The quantitative estimate of drug-likeness (QED) is 0.651. The number of aromatic nitrogens is 2. The van der Waals surface area contributed by atoms with E-state index in [1.165, 1.54) is 50.2 Å². The number of nitrogens with zero attached hydrogens (tertiary/aromatic N) is 1. The molecule has 0 radical (unpaired) electrons. The molecule has 1 aliphatic rings. The van der Waals surface area contributed by atoms with Crippen LogP contribution in [0.5, 0.6) is 0 Å². The summed E-state index contributed by atoms with van der Waals surface area (Å²) in [6, 6.07) is 0. The van der Waals surface area contributed by atoms with Crippen molar-refractivity contribution in [3.05, 3.63) is 17.5 Å². The molecule has 4 heteroatoms. The van der Waals surface area contributed by atoms with Crippen molar-refractivity contribution in [2.45, 2.75) is 32.6 Å². The molecule has 1 aliphatic heterocycles. The van der Waals surface area contributed by atoms with Gasteiger partial charge in [0.25, 0.3) is 0 Å². The summed E-state index contributed by atoms with van der Waals surface area (Å²) in [6.07, 6.45) is 6.93. The van der Waals surface area contributed by atoms with Crippen LogP contribution in [0.3, 0.4) is 0 Å². The molecule has 17 heavy (non-hydrogen) atoms. The number of rotatable bonds is 6. The average Bonchev–Trinajstić information content (AvgIpc) is 2.76. The van der Waals surface area contributed by atoms with Gasteiger partial charge in [-0.2, -0.15) is 5.10 Å². The maximum atomic E-state index is 4.04. The summed E-state index contributed by atoms with van der Waals surface area (Å²) in [6.45, 7) is 6.78. The summed E-state index contributed by atoms with van der Waals surface area (Å²) in [5, 5.41) is 14.0. The van der Waals surface area contributed by atoms with Crippen molar-refractivity contribution in [1.82, 2.24) is 20.8 Å². The van der Waals surface area contributed by atoms with Crippen molar-refractivity contribution in [2.24, 2.45) is 5.92 Å². The molecule has 0 bridgehead atoms. The highest BCUT2D eigenvalue weighted by Crippen LogP contribution is 2.10. The third kappa shape index (κ3) is 4.13. The molecular formula is C13H24N4. The number of aromatic amines is 1. The monoisotopic (exact) mass is 236 g/mol. The van der Waals surface area contributed by atoms with E-state index in [2.05, 4.69) is 27.8 Å². The Bertz CT molecular complexity index is 315. The Morgan fingerprint density at radius 2 is 2.24 bits per heavy atom. The fourth-order valence-corrected chi connectivity index (χ4v) is 2.42. The first-order chi connectivity index (χ1) is 8.36. The lowest BCUT2D eigenvalue weighted by atomic mass is 9.98. The second kappa shape index (κ2) is 6.77. The average molecular weight is 236 g/mol. The molecule has 1 fully saturated rings. The van der Waals surface area contributed by atoms with Gasteiger partial charge < -0.3 is 10.6 Å². The number of hydrogen-bond acceptors (Lipinski definition) is 3. The van der Waals surface area contributed by atoms with Gasteiger partial charge in [0.1, 0.15) is 0 Å². The minimum Gasteiger partial charge on any atom is -0.317 e. The molecule has 1 aromatic heterocycles. The topological polar surface area (TPSA) is 52.7 Å². The van der Waals surface area contributed by atoms with Crippen LogP contribution >= 0.6 is 0 Å². The Balaban J connectivity index is 1.53. The highest BCUT2D eigenvalue weighted by molar-refractivity contribution is 5.14. The molecule has 2 rings (SSSR count). The van der Waals surface area contributed by atoms with E-state index in [1.807, 2.05) is 6.20 Å². The highest BCUT2D eigenvalue weighted by atomic mass is 15.1. The number of piperidine rings is 1. The molecule has 0 unspecified atom stereocenters. The van der Waals surface area contributed by atoms with Crippen LogP contribution in [0.1, 0.15) is 30.5 Å². The Morgan fingerprint density at radius 1 is 1.41 bits per heavy atom. The van der Waals surface area contributed by atoms with Crippen LogP contribution in [0.4, 0.5) is 0 Å². The van der Waals surface area contributed by atoms with Gasteiger partial charge in [0.05, 0.1) is 6.20 Å². The van der Waals surface area contributed by atoms with E-state index in [-0.39, 0.29) is 0 Å². The van der Waals surface area contributed by atoms with Crippen LogP contribution in [-0.2, 0) is 6.42 Å². The molecule has 96 valence electrons. The molecule has 0 saturated carbocycles. The Hall–Kier alpha value is -0.870. The van der Waals surface area contributed by atoms with Gasteiger partial charge in [-0.1, -0.05) is 0 Å². The maximum absolute atomic E-state index is 4.04. The van der Waals surface area contributed by atoms with Gasteiger partial charge in [-0.15, -0.1) is 0 Å². The minimum atomic E-state index is 0.881. The summed E-state index contributed by atoms with van der Waals surface area (Å²) in [5.74, 6) is 0.881. The second-order valence-electron chi connectivity index (χ2n) is 5.02. The number of hydrogen-bond donors (Lipinski definition) is 3. The third-order valence-corrected chi connectivity index (χ3v) is 3.63. The van der Waals surface area contributed by atoms with Crippen LogP contribution in [-0.4, -0.2) is 36.4 Å². The van der Waals surface area contributed by atoms with E-state index in [1.54, 1.807) is 0 Å². The van der Waals surface area contributed by atoms with Gasteiger partial charge in [-0.05, 0) is 70.3 Å². The van der Waals surface area contributed by atoms with Crippen LogP contribution in [0.25, 0.3) is 0 Å². The maximum Gasteiger partial charge on any atom is 0.0522 e. The van der Waals surface area contributed by atoms with Gasteiger partial charge in [0.2, 0.25) is 0 Å². The standard InChI is InChI=1S/C13H24N4/c1-11-13(10-16-17-11)3-2-6-15-9-12-4-7-14-8-5-12/h10,12,14-15H,2-9H2,1H3,(H,16,17). The van der Waals surface area contributed by atoms with Crippen LogP contribution in [0.2, 0.25) is 0 Å². The third-order valence-electron chi connectivity index (χ3n) is 3.63. The van der Waals surface area contributed by atoms with Gasteiger partial charge in [0.15, 0.2) is 0 Å². The van der Waals surface area contributed by atoms with Crippen molar-refractivity contribution in [3.8, 4) is 0 Å². The normalized spacial score (nSPS) is 17.5. The number of aryl methyl sites for hydroxylation is 2. The van der Waals surface area contributed by atoms with Crippen molar-refractivity contribution in [1.29, 1.82) is 0 Å². The Labute approximate surface area is 104 Å². The van der Waals surface area contributed by atoms with E-state index in [0.717, 1.165) is 18.9 Å². The molecule has 0 aliphatic carbocycles. The van der Waals surface area contributed by atoms with Crippen molar-refractivity contribution in [2.75, 3.05) is 26.2 Å². The molecule has 4 nitrogen and oxygen atoms in total. The summed E-state index contributed by atoms with van der Waals surface area (Å²) in [5.41, 5.74) is 2.57. The van der Waals surface area contributed by atoms with E-state index in [4.69, 9.17) is 0 Å². The molecule has 0 atom stereocenters. The minimum absolute atomic E-state index is 0.881. The fraction of sp³-hybridized carbons (Fsp3) is 0.769. The Kier molecular flexibility index (Phi) is 5.01. The molecule has 1 aromatic rings. The lowest BCUT2D eigenvalue weighted by molar-refractivity contribution is 0.356. The van der Waals surface area contributed by atoms with Gasteiger partial charge in [-0.3, -0.25) is 5.10 Å². The number of nitrogens with one attached hydrogen (secondary N) is 3. The predicted octanol–water partition coefficient (Wildman–Crippen LogP) is 1.24. The summed E-state index contributed by atoms with van der Waals surface area (Å²) >= 11 is 0. The number of H-pyrrole nitrogens is 1. The first-order valence-electron chi connectivity index (χ1n) is 6.76. The summed E-state index contributed by atoms with van der Waals surface area (Å²) in [7, 11) is 0. The van der Waals surface area contributed by atoms with E-state index in [9.17, 15) is 0 Å². The van der Waals surface area contributed by atoms with Crippen molar-refractivity contribution in [3.63, 3.8) is 0 Å². The zero-order valence-electron chi connectivity index (χ0n) is 10.8. The van der Waals surface area contributed by atoms with Gasteiger partial charge in [0, 0.05) is 5.69 Å². The molecule has 0 amide bonds. The molecule has 2 heterocycles. The Morgan fingerprint density at radius 3 is 2.94 bits per heavy atom. The smallest absolute Gasteiger partial charge is 0.0522 e. The zero-order valence-corrected chi connectivity index (χ0v) is 10.8. The summed E-state index contributed by atoms with van der Waals surface area (Å²) in [4.78, 5) is 0. The predicted molar refractivity (Wildman–Crippen MR) is 70.1 cm³/mol. The highest BCUT2D eigenvalue weighted by Gasteiger charge is 2.11. The van der Waals surface area contributed by atoms with Gasteiger partial charge in [-0.25, -0.2) is 0 Å². The molecule has 3 N–H and O–H groups in total. The van der Waals surface area contributed by atoms with Crippen LogP contribution in [0, 0.1) is 12.8 Å². The van der Waals surface area contributed by atoms with Crippen molar-refractivity contribution < 1.29 is 0 Å². The summed E-state index contributed by atoms with van der Waals surface area (Å²) < 4.78 is 0. The van der Waals surface area contributed by atoms with Crippen molar-refractivity contribution >= 4 is 0 Å². The largest absolute Gasteiger partial charge is 0.317 e. The SMILES string of the molecule is Cc1[nH]ncc1CCCNCC1CCNCC1. The second-order valence-corrected chi connectivity index (χ2v) is 5.02. The van der Waals surface area contributed by atoms with E-state index in [0.29, 0.717) is 0 Å². The first kappa shape index (κ1) is 12.6. The van der Waals surface area contributed by atoms with Gasteiger partial charge >= 0.3 is 0 Å². The van der Waals surface area contributed by atoms with E-state index < -0.39 is 0 Å². The lowest BCUT2D eigenvalue weighted by Crippen LogP contribution is -2.34. The lowest BCUT2D eigenvalue weighted by Gasteiger charge is -2.22. The molecule has 1 saturated heterocycles. The molecule has 0 aromatic carbocycles. The zero-order chi connectivity index (χ0) is 11.9. The first-order valence-corrected chi connectivity index (χ1v) is 6.76. The van der Waals surface area contributed by atoms with Crippen LogP contribution < -0.4 is 10.6 Å². The van der Waals surface area contributed by atoms with E-state index >= 15 is 0 Å².